The monoisotopic (exact) mass is 203 g/mol. The van der Waals surface area contributed by atoms with Crippen molar-refractivity contribution in [2.75, 3.05) is 0 Å². The van der Waals surface area contributed by atoms with Crippen LogP contribution in [0.2, 0.25) is 0 Å². The summed E-state index contributed by atoms with van der Waals surface area (Å²) in [6, 6.07) is 6.37. The largest absolute Gasteiger partial charge is 0.487 e. The highest BCUT2D eigenvalue weighted by Gasteiger charge is 2.45. The molecule has 0 radical (unpaired) electrons. The lowest BCUT2D eigenvalue weighted by atomic mass is 9.97. The molecule has 0 amide bonds. The van der Waals surface area contributed by atoms with E-state index in [9.17, 15) is 0 Å². The molecule has 0 bridgehead atoms. The van der Waals surface area contributed by atoms with Crippen LogP contribution in [0.25, 0.3) is 0 Å². The lowest BCUT2D eigenvalue weighted by Crippen LogP contribution is -2.26. The Labute approximate surface area is 90.4 Å². The number of hydrogen-bond donors (Lipinski definition) is 1. The molecule has 2 nitrogen and oxygen atoms in total. The van der Waals surface area contributed by atoms with Gasteiger partial charge in [-0.15, -0.1) is 0 Å². The second kappa shape index (κ2) is 2.56. The maximum Gasteiger partial charge on any atom is 0.128 e. The Morgan fingerprint density at radius 1 is 1.27 bits per heavy atom. The summed E-state index contributed by atoms with van der Waals surface area (Å²) in [5, 5.41) is 0. The third-order valence-corrected chi connectivity index (χ3v) is 3.42. The Morgan fingerprint density at radius 2 is 2.00 bits per heavy atom. The van der Waals surface area contributed by atoms with Gasteiger partial charge < -0.3 is 10.5 Å². The van der Waals surface area contributed by atoms with Gasteiger partial charge in [0.1, 0.15) is 11.4 Å². The topological polar surface area (TPSA) is 35.2 Å². The van der Waals surface area contributed by atoms with E-state index in [1.54, 1.807) is 0 Å². The van der Waals surface area contributed by atoms with Crippen LogP contribution in [0.1, 0.15) is 37.8 Å². The number of benzene rings is 1. The fraction of sp³-hybridized carbons (Fsp3) is 0.538. The second-order valence-electron chi connectivity index (χ2n) is 5.49. The van der Waals surface area contributed by atoms with Crippen molar-refractivity contribution >= 4 is 0 Å². The molecule has 1 heterocycles. The summed E-state index contributed by atoms with van der Waals surface area (Å²) < 4.78 is 6.01. The van der Waals surface area contributed by atoms with E-state index in [0.29, 0.717) is 0 Å². The molecule has 2 heteroatoms. The first-order chi connectivity index (χ1) is 7.00. The zero-order chi connectivity index (χ0) is 10.7. The second-order valence-corrected chi connectivity index (χ2v) is 5.49. The van der Waals surface area contributed by atoms with E-state index in [2.05, 4.69) is 32.0 Å². The summed E-state index contributed by atoms with van der Waals surface area (Å²) in [7, 11) is 0. The molecule has 1 aliphatic carbocycles. The smallest absolute Gasteiger partial charge is 0.128 e. The van der Waals surface area contributed by atoms with Crippen molar-refractivity contribution in [1.29, 1.82) is 0 Å². The van der Waals surface area contributed by atoms with Gasteiger partial charge in [0.25, 0.3) is 0 Å². The highest BCUT2D eigenvalue weighted by molar-refractivity contribution is 5.50. The molecule has 0 unspecified atom stereocenters. The van der Waals surface area contributed by atoms with Gasteiger partial charge in [-0.05, 0) is 32.3 Å². The standard InChI is InChI=1S/C13H17NO/c1-12(2)8-9-4-3-5-10(11(9)15-12)13(14)6-7-13/h3-5H,6-8,14H2,1-2H3. The van der Waals surface area contributed by atoms with Gasteiger partial charge in [-0.3, -0.25) is 0 Å². The summed E-state index contributed by atoms with van der Waals surface area (Å²) in [4.78, 5) is 0. The van der Waals surface area contributed by atoms with Crippen molar-refractivity contribution in [2.45, 2.75) is 44.2 Å². The first-order valence-electron chi connectivity index (χ1n) is 5.61. The minimum absolute atomic E-state index is 0.0658. The number of ether oxygens (including phenoxy) is 1. The number of rotatable bonds is 1. The van der Waals surface area contributed by atoms with Gasteiger partial charge in [-0.2, -0.15) is 0 Å². The average molecular weight is 203 g/mol. The Balaban J connectivity index is 2.10. The predicted molar refractivity (Wildman–Crippen MR) is 60.0 cm³/mol. The number of fused-ring (bicyclic) bond motifs is 1. The van der Waals surface area contributed by atoms with Crippen LogP contribution in [0.4, 0.5) is 0 Å². The van der Waals surface area contributed by atoms with E-state index < -0.39 is 0 Å². The fourth-order valence-corrected chi connectivity index (χ4v) is 2.41. The summed E-state index contributed by atoms with van der Waals surface area (Å²) >= 11 is 0. The molecule has 0 spiro atoms. The van der Waals surface area contributed by atoms with Gasteiger partial charge in [0.2, 0.25) is 0 Å². The van der Waals surface area contributed by atoms with Crippen LogP contribution >= 0.6 is 0 Å². The molecule has 1 aliphatic heterocycles. The van der Waals surface area contributed by atoms with Crippen LogP contribution in [0, 0.1) is 0 Å². The lowest BCUT2D eigenvalue weighted by molar-refractivity contribution is 0.136. The van der Waals surface area contributed by atoms with Gasteiger partial charge in [-0.25, -0.2) is 0 Å². The molecular formula is C13H17NO. The minimum Gasteiger partial charge on any atom is -0.487 e. The van der Waals surface area contributed by atoms with E-state index in [4.69, 9.17) is 10.5 Å². The number of hydrogen-bond acceptors (Lipinski definition) is 2. The molecule has 0 aromatic heterocycles. The molecule has 1 aromatic carbocycles. The Kier molecular flexibility index (Phi) is 1.57. The summed E-state index contributed by atoms with van der Waals surface area (Å²) in [6.45, 7) is 4.26. The normalized spacial score (nSPS) is 24.5. The van der Waals surface area contributed by atoms with Crippen LogP contribution in [0.15, 0.2) is 18.2 Å². The maximum absolute atomic E-state index is 6.25. The summed E-state index contributed by atoms with van der Waals surface area (Å²) in [5.74, 6) is 1.06. The van der Waals surface area contributed by atoms with Crippen molar-refractivity contribution in [3.8, 4) is 5.75 Å². The maximum atomic E-state index is 6.25. The molecule has 2 aliphatic rings. The van der Waals surface area contributed by atoms with Gasteiger partial charge >= 0.3 is 0 Å². The van der Waals surface area contributed by atoms with Gasteiger partial charge in [0.15, 0.2) is 0 Å². The summed E-state index contributed by atoms with van der Waals surface area (Å²) in [6.07, 6.45) is 3.17. The first-order valence-corrected chi connectivity index (χ1v) is 5.61. The number of para-hydroxylation sites is 1. The Bertz CT molecular complexity index is 419. The molecule has 0 atom stereocenters. The molecule has 2 N–H and O–H groups in total. The fourth-order valence-electron chi connectivity index (χ4n) is 2.41. The van der Waals surface area contributed by atoms with Gasteiger partial charge in [0, 0.05) is 17.5 Å². The van der Waals surface area contributed by atoms with Crippen LogP contribution in [-0.2, 0) is 12.0 Å². The SMILES string of the molecule is CC1(C)Cc2cccc(C3(N)CC3)c2O1. The molecular weight excluding hydrogens is 186 g/mol. The van der Waals surface area contributed by atoms with E-state index in [1.807, 2.05) is 0 Å². The highest BCUT2D eigenvalue weighted by Crippen LogP contribution is 2.50. The number of nitrogens with two attached hydrogens (primary N) is 1. The summed E-state index contributed by atoms with van der Waals surface area (Å²) in [5.41, 5.74) is 8.62. The van der Waals surface area contributed by atoms with Gasteiger partial charge in [0.05, 0.1) is 0 Å². The highest BCUT2D eigenvalue weighted by atomic mass is 16.5. The Hall–Kier alpha value is -1.02. The van der Waals surface area contributed by atoms with Crippen LogP contribution in [0.5, 0.6) is 5.75 Å². The molecule has 3 rings (SSSR count). The zero-order valence-electron chi connectivity index (χ0n) is 9.34. The molecule has 15 heavy (non-hydrogen) atoms. The average Bonchev–Trinajstić information content (AvgIpc) is 2.78. The predicted octanol–water partition coefficient (Wildman–Crippen LogP) is 2.35. The van der Waals surface area contributed by atoms with Gasteiger partial charge in [-0.1, -0.05) is 18.2 Å². The zero-order valence-corrected chi connectivity index (χ0v) is 9.34. The van der Waals surface area contributed by atoms with Crippen LogP contribution in [0.3, 0.4) is 0 Å². The van der Waals surface area contributed by atoms with Crippen LogP contribution in [-0.4, -0.2) is 5.60 Å². The first kappa shape index (κ1) is 9.22. The molecule has 1 aromatic rings. The molecule has 1 fully saturated rings. The van der Waals surface area contributed by atoms with E-state index >= 15 is 0 Å². The molecule has 0 saturated heterocycles. The third-order valence-electron chi connectivity index (χ3n) is 3.42. The van der Waals surface area contributed by atoms with Crippen molar-refractivity contribution in [3.05, 3.63) is 29.3 Å². The van der Waals surface area contributed by atoms with E-state index in [1.165, 1.54) is 11.1 Å². The molecule has 80 valence electrons. The quantitative estimate of drug-likeness (QED) is 0.760. The van der Waals surface area contributed by atoms with Crippen molar-refractivity contribution in [3.63, 3.8) is 0 Å². The minimum atomic E-state index is -0.0915. The lowest BCUT2D eigenvalue weighted by Gasteiger charge is -2.19. The van der Waals surface area contributed by atoms with Crippen LogP contribution < -0.4 is 10.5 Å². The third kappa shape index (κ3) is 1.36. The Morgan fingerprint density at radius 3 is 2.67 bits per heavy atom. The van der Waals surface area contributed by atoms with Crippen molar-refractivity contribution in [1.82, 2.24) is 0 Å². The van der Waals surface area contributed by atoms with E-state index in [-0.39, 0.29) is 11.1 Å². The van der Waals surface area contributed by atoms with E-state index in [0.717, 1.165) is 25.0 Å². The van der Waals surface area contributed by atoms with Crippen molar-refractivity contribution in [2.24, 2.45) is 5.73 Å². The molecule has 1 saturated carbocycles. The van der Waals surface area contributed by atoms with Crippen molar-refractivity contribution < 1.29 is 4.74 Å².